The lowest BCUT2D eigenvalue weighted by Crippen LogP contribution is -2.04. The summed E-state index contributed by atoms with van der Waals surface area (Å²) in [5.41, 5.74) is 9.24. The Labute approximate surface area is 103 Å². The Bertz CT molecular complexity index is 465. The number of nitrogens with two attached hydrogens (primary N) is 1. The van der Waals surface area contributed by atoms with E-state index in [0.29, 0.717) is 5.92 Å². The summed E-state index contributed by atoms with van der Waals surface area (Å²) in [6.07, 6.45) is 4.85. The van der Waals surface area contributed by atoms with Crippen LogP contribution in [0.2, 0.25) is 0 Å². The average Bonchev–Trinajstić information content (AvgIpc) is 2.40. The second kappa shape index (κ2) is 5.60. The molecule has 0 aliphatic carbocycles. The second-order valence-electron chi connectivity index (χ2n) is 4.35. The molecule has 0 amide bonds. The van der Waals surface area contributed by atoms with Gasteiger partial charge in [-0.1, -0.05) is 37.3 Å². The summed E-state index contributed by atoms with van der Waals surface area (Å²) >= 11 is 0. The smallest absolute Gasteiger partial charge is 0.0346 e. The lowest BCUT2D eigenvalue weighted by Gasteiger charge is -2.11. The molecule has 88 valence electrons. The van der Waals surface area contributed by atoms with Gasteiger partial charge in [0.05, 0.1) is 0 Å². The van der Waals surface area contributed by atoms with Crippen molar-refractivity contribution in [3.8, 4) is 11.1 Å². The topological polar surface area (TPSA) is 38.9 Å². The first-order chi connectivity index (χ1) is 8.31. The molecule has 1 atom stereocenters. The quantitative estimate of drug-likeness (QED) is 0.869. The second-order valence-corrected chi connectivity index (χ2v) is 4.35. The van der Waals surface area contributed by atoms with Crippen molar-refractivity contribution in [2.75, 3.05) is 6.54 Å². The van der Waals surface area contributed by atoms with Gasteiger partial charge in [0.25, 0.3) is 0 Å². The first kappa shape index (κ1) is 11.8. The number of hydrogen-bond donors (Lipinski definition) is 1. The summed E-state index contributed by atoms with van der Waals surface area (Å²) in [6, 6.07) is 12.5. The van der Waals surface area contributed by atoms with Crippen molar-refractivity contribution in [3.05, 3.63) is 54.4 Å². The summed E-state index contributed by atoms with van der Waals surface area (Å²) in [5.74, 6) is 0.469. The van der Waals surface area contributed by atoms with Gasteiger partial charge in [0.1, 0.15) is 0 Å². The van der Waals surface area contributed by atoms with Crippen molar-refractivity contribution in [2.24, 2.45) is 5.73 Å². The SMILES string of the molecule is CC(CCN)c1cncc(-c2ccccc2)c1. The number of rotatable bonds is 4. The molecular weight excluding hydrogens is 208 g/mol. The predicted octanol–water partition coefficient (Wildman–Crippen LogP) is 3.20. The molecule has 0 fully saturated rings. The van der Waals surface area contributed by atoms with Crippen molar-refractivity contribution < 1.29 is 0 Å². The average molecular weight is 226 g/mol. The molecule has 2 aromatic rings. The summed E-state index contributed by atoms with van der Waals surface area (Å²) < 4.78 is 0. The third-order valence-electron chi connectivity index (χ3n) is 3.04. The summed E-state index contributed by atoms with van der Waals surface area (Å²) in [6.45, 7) is 2.91. The van der Waals surface area contributed by atoms with E-state index in [1.807, 2.05) is 30.6 Å². The summed E-state index contributed by atoms with van der Waals surface area (Å²) in [7, 11) is 0. The molecule has 2 heteroatoms. The zero-order chi connectivity index (χ0) is 12.1. The molecular formula is C15H18N2. The fourth-order valence-corrected chi connectivity index (χ4v) is 1.93. The Hall–Kier alpha value is -1.67. The van der Waals surface area contributed by atoms with Crippen LogP contribution in [0.4, 0.5) is 0 Å². The van der Waals surface area contributed by atoms with Crippen molar-refractivity contribution >= 4 is 0 Å². The van der Waals surface area contributed by atoms with Gasteiger partial charge in [-0.3, -0.25) is 4.98 Å². The molecule has 0 spiro atoms. The van der Waals surface area contributed by atoms with Crippen LogP contribution >= 0.6 is 0 Å². The van der Waals surface area contributed by atoms with Crippen LogP contribution in [0.15, 0.2) is 48.8 Å². The first-order valence-electron chi connectivity index (χ1n) is 6.01. The monoisotopic (exact) mass is 226 g/mol. The van der Waals surface area contributed by atoms with Gasteiger partial charge in [0.15, 0.2) is 0 Å². The molecule has 1 aromatic heterocycles. The van der Waals surface area contributed by atoms with E-state index in [1.54, 1.807) is 0 Å². The molecule has 2 rings (SSSR count). The summed E-state index contributed by atoms with van der Waals surface area (Å²) in [4.78, 5) is 4.32. The van der Waals surface area contributed by atoms with E-state index in [2.05, 4.69) is 30.1 Å². The number of nitrogens with zero attached hydrogens (tertiary/aromatic N) is 1. The highest BCUT2D eigenvalue weighted by Crippen LogP contribution is 2.24. The first-order valence-corrected chi connectivity index (χ1v) is 6.01. The lowest BCUT2D eigenvalue weighted by atomic mass is 9.96. The molecule has 1 unspecified atom stereocenters. The molecule has 0 saturated heterocycles. The molecule has 1 aromatic carbocycles. The van der Waals surface area contributed by atoms with E-state index < -0.39 is 0 Å². The predicted molar refractivity (Wildman–Crippen MR) is 71.8 cm³/mol. The summed E-state index contributed by atoms with van der Waals surface area (Å²) in [5, 5.41) is 0. The lowest BCUT2D eigenvalue weighted by molar-refractivity contribution is 0.687. The van der Waals surface area contributed by atoms with Crippen LogP contribution in [0, 0.1) is 0 Å². The molecule has 0 bridgehead atoms. The largest absolute Gasteiger partial charge is 0.330 e. The van der Waals surface area contributed by atoms with Gasteiger partial charge in [-0.05, 0) is 36.1 Å². The van der Waals surface area contributed by atoms with Crippen LogP contribution in [0.3, 0.4) is 0 Å². The standard InChI is InChI=1S/C15H18N2/c1-12(7-8-16)14-9-15(11-17-10-14)13-5-3-2-4-6-13/h2-6,9-12H,7-8,16H2,1H3. The van der Waals surface area contributed by atoms with Gasteiger partial charge in [0.2, 0.25) is 0 Å². The van der Waals surface area contributed by atoms with Gasteiger partial charge in [-0.15, -0.1) is 0 Å². The Balaban J connectivity index is 2.29. The van der Waals surface area contributed by atoms with Crippen molar-refractivity contribution in [1.29, 1.82) is 0 Å². The minimum Gasteiger partial charge on any atom is -0.330 e. The highest BCUT2D eigenvalue weighted by molar-refractivity contribution is 5.62. The molecule has 0 aliphatic heterocycles. The van der Waals surface area contributed by atoms with Gasteiger partial charge in [-0.2, -0.15) is 0 Å². The maximum Gasteiger partial charge on any atom is 0.0346 e. The van der Waals surface area contributed by atoms with Gasteiger partial charge < -0.3 is 5.73 Å². The molecule has 0 aliphatic rings. The highest BCUT2D eigenvalue weighted by Gasteiger charge is 2.06. The van der Waals surface area contributed by atoms with Gasteiger partial charge >= 0.3 is 0 Å². The van der Waals surface area contributed by atoms with Gasteiger partial charge in [0, 0.05) is 18.0 Å². The molecule has 2 nitrogen and oxygen atoms in total. The molecule has 1 heterocycles. The van der Waals surface area contributed by atoms with Crippen molar-refractivity contribution in [2.45, 2.75) is 19.3 Å². The van der Waals surface area contributed by atoms with E-state index >= 15 is 0 Å². The Kier molecular flexibility index (Phi) is 3.89. The van der Waals surface area contributed by atoms with Crippen LogP contribution in [0.1, 0.15) is 24.8 Å². The van der Waals surface area contributed by atoms with Gasteiger partial charge in [-0.25, -0.2) is 0 Å². The Morgan fingerprint density at radius 3 is 2.59 bits per heavy atom. The fourth-order valence-electron chi connectivity index (χ4n) is 1.93. The Morgan fingerprint density at radius 2 is 1.88 bits per heavy atom. The van der Waals surface area contributed by atoms with Crippen molar-refractivity contribution in [1.82, 2.24) is 4.98 Å². The molecule has 0 saturated carbocycles. The molecule has 2 N–H and O–H groups in total. The highest BCUT2D eigenvalue weighted by atomic mass is 14.6. The van der Waals surface area contributed by atoms with E-state index in [4.69, 9.17) is 5.73 Å². The van der Waals surface area contributed by atoms with Crippen LogP contribution in [0.25, 0.3) is 11.1 Å². The third-order valence-corrected chi connectivity index (χ3v) is 3.04. The number of aromatic nitrogens is 1. The number of benzene rings is 1. The number of pyridine rings is 1. The molecule has 0 radical (unpaired) electrons. The van der Waals surface area contributed by atoms with E-state index in [1.165, 1.54) is 16.7 Å². The van der Waals surface area contributed by atoms with Crippen LogP contribution in [0.5, 0.6) is 0 Å². The number of hydrogen-bond acceptors (Lipinski definition) is 2. The van der Waals surface area contributed by atoms with Crippen molar-refractivity contribution in [3.63, 3.8) is 0 Å². The normalized spacial score (nSPS) is 12.4. The van der Waals surface area contributed by atoms with Crippen LogP contribution in [-0.2, 0) is 0 Å². The van der Waals surface area contributed by atoms with E-state index in [-0.39, 0.29) is 0 Å². The zero-order valence-corrected chi connectivity index (χ0v) is 10.1. The zero-order valence-electron chi connectivity index (χ0n) is 10.1. The minimum atomic E-state index is 0.469. The maximum absolute atomic E-state index is 5.60. The van der Waals surface area contributed by atoms with E-state index in [0.717, 1.165) is 13.0 Å². The van der Waals surface area contributed by atoms with Crippen LogP contribution in [-0.4, -0.2) is 11.5 Å². The minimum absolute atomic E-state index is 0.469. The Morgan fingerprint density at radius 1 is 1.12 bits per heavy atom. The maximum atomic E-state index is 5.60. The molecule has 17 heavy (non-hydrogen) atoms. The van der Waals surface area contributed by atoms with Crippen LogP contribution < -0.4 is 5.73 Å². The van der Waals surface area contributed by atoms with E-state index in [9.17, 15) is 0 Å². The fraction of sp³-hybridized carbons (Fsp3) is 0.267. The third kappa shape index (κ3) is 2.92.